The summed E-state index contributed by atoms with van der Waals surface area (Å²) in [5.41, 5.74) is 0. The Morgan fingerprint density at radius 3 is 2.80 bits per heavy atom. The summed E-state index contributed by atoms with van der Waals surface area (Å²) in [6, 6.07) is 0.469. The third kappa shape index (κ3) is 2.04. The van der Waals surface area contributed by atoms with Crippen molar-refractivity contribution in [1.82, 2.24) is 4.90 Å². The number of Topliss-reactive ketones (excluding diaryl/α,β-unsaturated/α-hetero) is 1. The average molecular weight is 211 g/mol. The maximum atomic E-state index is 11.5. The standard InChI is InChI=1S/C11H17NO3/c1-7(13)15-11-4-3-8-5-9(14)6-10(11)12(8)2/h8,10-11H,3-6H2,1-2H3. The van der Waals surface area contributed by atoms with Crippen LogP contribution in [0.25, 0.3) is 0 Å². The van der Waals surface area contributed by atoms with Gasteiger partial charge in [0.1, 0.15) is 11.9 Å². The number of fused-ring (bicyclic) bond motifs is 2. The molecular weight excluding hydrogens is 194 g/mol. The van der Waals surface area contributed by atoms with Crippen LogP contribution in [0.15, 0.2) is 0 Å². The molecule has 2 saturated heterocycles. The summed E-state index contributed by atoms with van der Waals surface area (Å²) in [6.45, 7) is 1.43. The van der Waals surface area contributed by atoms with Gasteiger partial charge in [0.05, 0.1) is 6.04 Å². The van der Waals surface area contributed by atoms with E-state index in [1.54, 1.807) is 0 Å². The lowest BCUT2D eigenvalue weighted by atomic mass is 9.82. The number of nitrogens with zero attached hydrogens (tertiary/aromatic N) is 1. The van der Waals surface area contributed by atoms with Crippen LogP contribution in [-0.4, -0.2) is 41.9 Å². The van der Waals surface area contributed by atoms with Crippen LogP contribution in [-0.2, 0) is 14.3 Å². The number of piperidine rings is 2. The molecule has 84 valence electrons. The van der Waals surface area contributed by atoms with Crippen LogP contribution in [0.1, 0.15) is 32.6 Å². The lowest BCUT2D eigenvalue weighted by Crippen LogP contribution is -2.57. The highest BCUT2D eigenvalue weighted by molar-refractivity contribution is 5.81. The maximum Gasteiger partial charge on any atom is 0.302 e. The van der Waals surface area contributed by atoms with Gasteiger partial charge >= 0.3 is 5.97 Å². The monoisotopic (exact) mass is 211 g/mol. The number of hydrogen-bond acceptors (Lipinski definition) is 4. The van der Waals surface area contributed by atoms with Crippen LogP contribution >= 0.6 is 0 Å². The Morgan fingerprint density at radius 2 is 2.13 bits per heavy atom. The molecule has 0 aromatic carbocycles. The quantitative estimate of drug-likeness (QED) is 0.600. The van der Waals surface area contributed by atoms with E-state index in [0.29, 0.717) is 24.7 Å². The molecule has 2 rings (SSSR count). The Balaban J connectivity index is 2.09. The van der Waals surface area contributed by atoms with Gasteiger partial charge in [0.25, 0.3) is 0 Å². The van der Waals surface area contributed by atoms with E-state index in [4.69, 9.17) is 4.74 Å². The molecule has 0 aromatic heterocycles. The Morgan fingerprint density at radius 1 is 1.40 bits per heavy atom. The highest BCUT2D eigenvalue weighted by atomic mass is 16.5. The molecule has 3 unspecified atom stereocenters. The molecule has 4 heteroatoms. The molecule has 0 N–H and O–H groups in total. The van der Waals surface area contributed by atoms with Gasteiger partial charge in [-0.25, -0.2) is 0 Å². The molecule has 2 fully saturated rings. The topological polar surface area (TPSA) is 46.6 Å². The molecule has 2 bridgehead atoms. The number of likely N-dealkylation sites (N-methyl/N-ethyl adjacent to an activating group) is 1. The summed E-state index contributed by atoms with van der Waals surface area (Å²) in [5, 5.41) is 0. The van der Waals surface area contributed by atoms with Crippen LogP contribution in [0.2, 0.25) is 0 Å². The van der Waals surface area contributed by atoms with E-state index < -0.39 is 0 Å². The number of esters is 1. The van der Waals surface area contributed by atoms with Gasteiger partial charge < -0.3 is 4.74 Å². The minimum atomic E-state index is -0.245. The highest BCUT2D eigenvalue weighted by Gasteiger charge is 2.42. The predicted molar refractivity (Wildman–Crippen MR) is 54.4 cm³/mol. The number of hydrogen-bond donors (Lipinski definition) is 0. The first kappa shape index (κ1) is 10.6. The van der Waals surface area contributed by atoms with Crippen LogP contribution in [0, 0.1) is 0 Å². The fourth-order valence-corrected chi connectivity index (χ4v) is 2.74. The fraction of sp³-hybridized carbons (Fsp3) is 0.818. The van der Waals surface area contributed by atoms with Gasteiger partial charge in [-0.2, -0.15) is 0 Å². The van der Waals surface area contributed by atoms with E-state index >= 15 is 0 Å². The molecule has 0 aliphatic carbocycles. The number of carbonyl (C=O) groups is 2. The first-order chi connectivity index (χ1) is 7.08. The van der Waals surface area contributed by atoms with Crippen molar-refractivity contribution in [3.8, 4) is 0 Å². The van der Waals surface area contributed by atoms with Gasteiger partial charge in [-0.3, -0.25) is 14.5 Å². The second-order valence-electron chi connectivity index (χ2n) is 4.56. The average Bonchev–Trinajstić information content (AvgIpc) is 2.13. The van der Waals surface area contributed by atoms with E-state index in [0.717, 1.165) is 12.8 Å². The minimum absolute atomic E-state index is 0.0898. The predicted octanol–water partition coefficient (Wildman–Crippen LogP) is 0.744. The first-order valence-corrected chi connectivity index (χ1v) is 5.49. The van der Waals surface area contributed by atoms with Gasteiger partial charge in [0, 0.05) is 25.8 Å². The normalized spacial score (nSPS) is 36.4. The van der Waals surface area contributed by atoms with Gasteiger partial charge in [-0.05, 0) is 19.9 Å². The third-order valence-electron chi connectivity index (χ3n) is 3.53. The van der Waals surface area contributed by atoms with Crippen LogP contribution in [0.3, 0.4) is 0 Å². The van der Waals surface area contributed by atoms with Crippen molar-refractivity contribution in [3.05, 3.63) is 0 Å². The Kier molecular flexibility index (Phi) is 2.78. The van der Waals surface area contributed by atoms with Crippen molar-refractivity contribution in [1.29, 1.82) is 0 Å². The minimum Gasteiger partial charge on any atom is -0.461 e. The van der Waals surface area contributed by atoms with Crippen molar-refractivity contribution >= 4 is 11.8 Å². The van der Waals surface area contributed by atoms with Crippen LogP contribution < -0.4 is 0 Å². The first-order valence-electron chi connectivity index (χ1n) is 5.49. The van der Waals surface area contributed by atoms with Crippen molar-refractivity contribution < 1.29 is 14.3 Å². The lowest BCUT2D eigenvalue weighted by Gasteiger charge is -2.46. The van der Waals surface area contributed by atoms with Crippen molar-refractivity contribution in [2.24, 2.45) is 0 Å². The molecule has 2 heterocycles. The second-order valence-corrected chi connectivity index (χ2v) is 4.56. The Labute approximate surface area is 89.6 Å². The summed E-state index contributed by atoms with van der Waals surface area (Å²) in [5.74, 6) is 0.0600. The summed E-state index contributed by atoms with van der Waals surface area (Å²) >= 11 is 0. The van der Waals surface area contributed by atoms with Crippen LogP contribution in [0.4, 0.5) is 0 Å². The smallest absolute Gasteiger partial charge is 0.302 e. The van der Waals surface area contributed by atoms with E-state index in [2.05, 4.69) is 4.90 Å². The van der Waals surface area contributed by atoms with Gasteiger partial charge in [0.2, 0.25) is 0 Å². The number of ether oxygens (including phenoxy) is 1. The zero-order chi connectivity index (χ0) is 11.0. The van der Waals surface area contributed by atoms with Crippen molar-refractivity contribution in [3.63, 3.8) is 0 Å². The molecule has 0 amide bonds. The molecule has 4 nitrogen and oxygen atoms in total. The molecule has 15 heavy (non-hydrogen) atoms. The Hall–Kier alpha value is -0.900. The molecule has 0 radical (unpaired) electrons. The largest absolute Gasteiger partial charge is 0.461 e. The van der Waals surface area contributed by atoms with E-state index in [-0.39, 0.29) is 18.1 Å². The zero-order valence-corrected chi connectivity index (χ0v) is 9.23. The second kappa shape index (κ2) is 3.93. The van der Waals surface area contributed by atoms with Crippen molar-refractivity contribution in [2.45, 2.75) is 50.8 Å². The fourth-order valence-electron chi connectivity index (χ4n) is 2.74. The third-order valence-corrected chi connectivity index (χ3v) is 3.53. The zero-order valence-electron chi connectivity index (χ0n) is 9.23. The molecule has 2 aliphatic rings. The van der Waals surface area contributed by atoms with Crippen molar-refractivity contribution in [2.75, 3.05) is 7.05 Å². The summed E-state index contributed by atoms with van der Waals surface area (Å²) in [4.78, 5) is 24.6. The molecular formula is C11H17NO3. The molecule has 0 spiro atoms. The van der Waals surface area contributed by atoms with Gasteiger partial charge in [-0.1, -0.05) is 0 Å². The number of carbonyl (C=O) groups excluding carboxylic acids is 2. The number of ketones is 1. The summed E-state index contributed by atoms with van der Waals surface area (Å²) < 4.78 is 5.26. The van der Waals surface area contributed by atoms with E-state index in [9.17, 15) is 9.59 Å². The maximum absolute atomic E-state index is 11.5. The molecule has 2 aliphatic heterocycles. The van der Waals surface area contributed by atoms with Gasteiger partial charge in [0.15, 0.2) is 0 Å². The highest BCUT2D eigenvalue weighted by Crippen LogP contribution is 2.32. The molecule has 0 saturated carbocycles. The summed E-state index contributed by atoms with van der Waals surface area (Å²) in [7, 11) is 2.03. The van der Waals surface area contributed by atoms with Crippen LogP contribution in [0.5, 0.6) is 0 Å². The van der Waals surface area contributed by atoms with Gasteiger partial charge in [-0.15, -0.1) is 0 Å². The number of rotatable bonds is 1. The SMILES string of the molecule is CC(=O)OC1CCC2CC(=O)CC1N2C. The summed E-state index contributed by atoms with van der Waals surface area (Å²) in [6.07, 6.45) is 2.96. The molecule has 0 aromatic rings. The Bertz CT molecular complexity index is 290. The van der Waals surface area contributed by atoms with E-state index in [1.807, 2.05) is 7.05 Å². The van der Waals surface area contributed by atoms with E-state index in [1.165, 1.54) is 6.92 Å². The molecule has 3 atom stereocenters. The lowest BCUT2D eigenvalue weighted by molar-refractivity contribution is -0.158.